The second kappa shape index (κ2) is 6.13. The number of halogens is 2. The van der Waals surface area contributed by atoms with Crippen LogP contribution in [0, 0.1) is 5.82 Å². The minimum absolute atomic E-state index is 0.263. The number of hydrogen-bond acceptors (Lipinski definition) is 3. The number of nitrogen functional groups attached to an aromatic ring is 1. The number of sulfonamides is 1. The maximum absolute atomic E-state index is 13.4. The normalized spacial score (nSPS) is 13.1. The first-order valence-electron chi connectivity index (χ1n) is 6.13. The van der Waals surface area contributed by atoms with Gasteiger partial charge in [0, 0.05) is 10.5 Å². The van der Waals surface area contributed by atoms with Crippen molar-refractivity contribution in [3.05, 3.63) is 58.3 Å². The van der Waals surface area contributed by atoms with Crippen LogP contribution < -0.4 is 10.5 Å². The maximum atomic E-state index is 13.4. The van der Waals surface area contributed by atoms with E-state index in [9.17, 15) is 12.8 Å². The van der Waals surface area contributed by atoms with E-state index in [1.807, 2.05) is 12.1 Å². The van der Waals surface area contributed by atoms with Crippen LogP contribution in [0.15, 0.2) is 51.8 Å². The summed E-state index contributed by atoms with van der Waals surface area (Å²) in [5, 5.41) is 0. The fourth-order valence-corrected chi connectivity index (χ4v) is 3.93. The molecule has 0 bridgehead atoms. The number of nitrogens with two attached hydrogens (primary N) is 1. The zero-order chi connectivity index (χ0) is 15.6. The third-order valence-electron chi connectivity index (χ3n) is 3.01. The van der Waals surface area contributed by atoms with E-state index in [1.54, 1.807) is 19.1 Å². The van der Waals surface area contributed by atoms with Crippen LogP contribution in [0.4, 0.5) is 10.1 Å². The molecule has 0 saturated heterocycles. The van der Waals surface area contributed by atoms with Gasteiger partial charge in [-0.3, -0.25) is 0 Å². The van der Waals surface area contributed by atoms with Crippen LogP contribution in [0.5, 0.6) is 0 Å². The average Bonchev–Trinajstić information content (AvgIpc) is 2.41. The van der Waals surface area contributed by atoms with Crippen LogP contribution in [0.25, 0.3) is 0 Å². The van der Waals surface area contributed by atoms with Crippen molar-refractivity contribution < 1.29 is 12.8 Å². The van der Waals surface area contributed by atoms with Gasteiger partial charge in [-0.15, -0.1) is 0 Å². The highest BCUT2D eigenvalue weighted by molar-refractivity contribution is 9.10. The van der Waals surface area contributed by atoms with Crippen molar-refractivity contribution in [2.45, 2.75) is 17.9 Å². The average molecular weight is 373 g/mol. The van der Waals surface area contributed by atoms with Gasteiger partial charge in [0.25, 0.3) is 0 Å². The Morgan fingerprint density at radius 3 is 2.52 bits per heavy atom. The number of anilines is 1. The van der Waals surface area contributed by atoms with E-state index in [-0.39, 0.29) is 10.6 Å². The summed E-state index contributed by atoms with van der Waals surface area (Å²) >= 11 is 3.37. The van der Waals surface area contributed by atoms with Crippen molar-refractivity contribution in [2.24, 2.45) is 0 Å². The molecule has 0 amide bonds. The Morgan fingerprint density at radius 1 is 1.19 bits per heavy atom. The van der Waals surface area contributed by atoms with Crippen molar-refractivity contribution in [1.29, 1.82) is 0 Å². The van der Waals surface area contributed by atoms with E-state index >= 15 is 0 Å². The third-order valence-corrected chi connectivity index (χ3v) is 5.33. The fraction of sp³-hybridized carbons (Fsp3) is 0.143. The van der Waals surface area contributed by atoms with E-state index in [0.717, 1.165) is 16.1 Å². The molecule has 2 aromatic carbocycles. The molecule has 0 heterocycles. The first-order valence-corrected chi connectivity index (χ1v) is 8.41. The van der Waals surface area contributed by atoms with Crippen LogP contribution in [0.3, 0.4) is 0 Å². The first-order chi connectivity index (χ1) is 9.83. The molecule has 2 rings (SSSR count). The van der Waals surface area contributed by atoms with Crippen LogP contribution in [-0.2, 0) is 10.0 Å². The smallest absolute Gasteiger partial charge is 0.243 e. The van der Waals surface area contributed by atoms with E-state index in [1.165, 1.54) is 12.1 Å². The molecule has 0 aliphatic rings. The number of hydrogen-bond donors (Lipinski definition) is 2. The molecular formula is C14H14BrFN2O2S. The van der Waals surface area contributed by atoms with Gasteiger partial charge in [0.1, 0.15) is 10.7 Å². The highest BCUT2D eigenvalue weighted by atomic mass is 79.9. The zero-order valence-corrected chi connectivity index (χ0v) is 13.6. The lowest BCUT2D eigenvalue weighted by atomic mass is 10.1. The van der Waals surface area contributed by atoms with Crippen LogP contribution in [0.2, 0.25) is 0 Å². The summed E-state index contributed by atoms with van der Waals surface area (Å²) in [4.78, 5) is -0.263. The van der Waals surface area contributed by atoms with Crippen LogP contribution in [-0.4, -0.2) is 8.42 Å². The molecule has 0 fully saturated rings. The van der Waals surface area contributed by atoms with E-state index in [0.29, 0.717) is 0 Å². The van der Waals surface area contributed by atoms with Gasteiger partial charge in [-0.05, 0) is 30.7 Å². The lowest BCUT2D eigenvalue weighted by Gasteiger charge is -2.17. The van der Waals surface area contributed by atoms with Gasteiger partial charge in [-0.2, -0.15) is 0 Å². The molecule has 0 saturated carbocycles. The Balaban J connectivity index is 2.34. The molecule has 0 aliphatic carbocycles. The van der Waals surface area contributed by atoms with Crippen molar-refractivity contribution in [3.8, 4) is 0 Å². The molecule has 2 aromatic rings. The van der Waals surface area contributed by atoms with Crippen molar-refractivity contribution in [2.75, 3.05) is 5.73 Å². The van der Waals surface area contributed by atoms with Gasteiger partial charge >= 0.3 is 0 Å². The molecule has 1 unspecified atom stereocenters. The van der Waals surface area contributed by atoms with E-state index in [2.05, 4.69) is 20.7 Å². The van der Waals surface area contributed by atoms with Crippen molar-refractivity contribution in [3.63, 3.8) is 0 Å². The molecule has 112 valence electrons. The summed E-state index contributed by atoms with van der Waals surface area (Å²) in [6.07, 6.45) is 0. The Morgan fingerprint density at radius 2 is 1.86 bits per heavy atom. The number of nitrogens with one attached hydrogen (secondary N) is 1. The molecule has 0 spiro atoms. The van der Waals surface area contributed by atoms with Gasteiger partial charge in [-0.25, -0.2) is 17.5 Å². The standard InChI is InChI=1S/C14H14BrFN2O2S/c1-9(10-5-2-3-6-11(10)15)18-21(19,20)13-8-4-7-12(16)14(13)17/h2-9,18H,17H2,1H3. The number of para-hydroxylation sites is 1. The summed E-state index contributed by atoms with van der Waals surface area (Å²) in [6, 6.07) is 10.5. The Labute approximate surface area is 131 Å². The molecule has 0 aromatic heterocycles. The zero-order valence-electron chi connectivity index (χ0n) is 11.2. The maximum Gasteiger partial charge on any atom is 0.243 e. The molecule has 0 aliphatic heterocycles. The Kier molecular flexibility index (Phi) is 4.65. The molecular weight excluding hydrogens is 359 g/mol. The molecule has 0 radical (unpaired) electrons. The monoisotopic (exact) mass is 372 g/mol. The molecule has 7 heteroatoms. The lowest BCUT2D eigenvalue weighted by molar-refractivity contribution is 0.564. The van der Waals surface area contributed by atoms with Gasteiger partial charge in [0.05, 0.1) is 5.69 Å². The predicted octanol–water partition coefficient (Wildman–Crippen LogP) is 3.21. The van der Waals surface area contributed by atoms with Crippen LogP contribution in [0.1, 0.15) is 18.5 Å². The summed E-state index contributed by atoms with van der Waals surface area (Å²) < 4.78 is 41.3. The minimum atomic E-state index is -3.91. The number of rotatable bonds is 4. The first kappa shape index (κ1) is 15.9. The Hall–Kier alpha value is -1.44. The quantitative estimate of drug-likeness (QED) is 0.809. The molecule has 3 N–H and O–H groups in total. The topological polar surface area (TPSA) is 72.2 Å². The SMILES string of the molecule is CC(NS(=O)(=O)c1cccc(F)c1N)c1ccccc1Br. The summed E-state index contributed by atoms with van der Waals surface area (Å²) in [5.74, 6) is -0.758. The molecule has 1 atom stereocenters. The van der Waals surface area contributed by atoms with Crippen LogP contribution >= 0.6 is 15.9 Å². The van der Waals surface area contributed by atoms with Gasteiger partial charge < -0.3 is 5.73 Å². The summed E-state index contributed by atoms with van der Waals surface area (Å²) in [6.45, 7) is 1.70. The Bertz CT molecular complexity index is 765. The summed E-state index contributed by atoms with van der Waals surface area (Å²) in [7, 11) is -3.91. The minimum Gasteiger partial charge on any atom is -0.395 e. The van der Waals surface area contributed by atoms with Crippen molar-refractivity contribution >= 4 is 31.6 Å². The molecule has 4 nitrogen and oxygen atoms in total. The van der Waals surface area contributed by atoms with E-state index in [4.69, 9.17) is 5.73 Å². The third kappa shape index (κ3) is 3.42. The predicted molar refractivity (Wildman–Crippen MR) is 83.7 cm³/mol. The second-order valence-electron chi connectivity index (χ2n) is 4.52. The number of benzene rings is 2. The fourth-order valence-electron chi connectivity index (χ4n) is 1.94. The van der Waals surface area contributed by atoms with Crippen molar-refractivity contribution in [1.82, 2.24) is 4.72 Å². The second-order valence-corrected chi connectivity index (χ2v) is 7.05. The largest absolute Gasteiger partial charge is 0.395 e. The van der Waals surface area contributed by atoms with Gasteiger partial charge in [-0.1, -0.05) is 40.2 Å². The highest BCUT2D eigenvalue weighted by Gasteiger charge is 2.23. The molecule has 21 heavy (non-hydrogen) atoms. The van der Waals surface area contributed by atoms with E-state index < -0.39 is 21.9 Å². The van der Waals surface area contributed by atoms with Gasteiger partial charge in [0.2, 0.25) is 10.0 Å². The van der Waals surface area contributed by atoms with Gasteiger partial charge in [0.15, 0.2) is 0 Å². The summed E-state index contributed by atoms with van der Waals surface area (Å²) in [5.41, 5.74) is 5.90. The lowest BCUT2D eigenvalue weighted by Crippen LogP contribution is -2.28. The highest BCUT2D eigenvalue weighted by Crippen LogP contribution is 2.26.